The normalized spacial score (nSPS) is 15.5. The molecule has 1 aromatic heterocycles. The lowest BCUT2D eigenvalue weighted by Crippen LogP contribution is -2.31. The van der Waals surface area contributed by atoms with Gasteiger partial charge in [0.2, 0.25) is 11.8 Å². The van der Waals surface area contributed by atoms with Crippen LogP contribution in [0.1, 0.15) is 52.3 Å². The number of thioether (sulfide) groups is 1. The molecule has 25 heavy (non-hydrogen) atoms. The van der Waals surface area contributed by atoms with Crippen molar-refractivity contribution in [1.29, 1.82) is 0 Å². The summed E-state index contributed by atoms with van der Waals surface area (Å²) < 4.78 is 2.00. The van der Waals surface area contributed by atoms with Crippen LogP contribution in [-0.4, -0.2) is 50.3 Å². The molecule has 1 N–H and O–H groups in total. The number of hydrogen-bond acceptors (Lipinski definition) is 5. The standard InChI is InChI=1S/C17H29N5O2S/c1-4-22-14(11-21-9-7-5-6-8-16(21)24)19-20-17(22)25-12-15(23)18-10-13(2)3/h13H,4-12H2,1-3H3,(H,18,23). The van der Waals surface area contributed by atoms with E-state index in [0.29, 0.717) is 31.2 Å². The Morgan fingerprint density at radius 2 is 2.08 bits per heavy atom. The SMILES string of the molecule is CCn1c(CN2CCCCCC2=O)nnc1SCC(=O)NCC(C)C. The molecule has 1 fully saturated rings. The van der Waals surface area contributed by atoms with Crippen molar-refractivity contribution < 1.29 is 9.59 Å². The average molecular weight is 368 g/mol. The van der Waals surface area contributed by atoms with Crippen molar-refractivity contribution in [3.8, 4) is 0 Å². The van der Waals surface area contributed by atoms with Gasteiger partial charge in [0.15, 0.2) is 11.0 Å². The van der Waals surface area contributed by atoms with E-state index >= 15 is 0 Å². The summed E-state index contributed by atoms with van der Waals surface area (Å²) in [6.45, 7) is 8.85. The molecule has 0 aromatic carbocycles. The first kappa shape index (κ1) is 19.8. The zero-order valence-corrected chi connectivity index (χ0v) is 16.3. The van der Waals surface area contributed by atoms with Crippen molar-refractivity contribution in [2.75, 3.05) is 18.8 Å². The molecule has 2 rings (SSSR count). The topological polar surface area (TPSA) is 80.1 Å². The molecule has 7 nitrogen and oxygen atoms in total. The van der Waals surface area contributed by atoms with Crippen molar-refractivity contribution in [3.63, 3.8) is 0 Å². The van der Waals surface area contributed by atoms with E-state index in [2.05, 4.69) is 29.4 Å². The van der Waals surface area contributed by atoms with Crippen LogP contribution in [-0.2, 0) is 22.7 Å². The van der Waals surface area contributed by atoms with Gasteiger partial charge in [0.05, 0.1) is 12.3 Å². The van der Waals surface area contributed by atoms with Crippen LogP contribution in [0.25, 0.3) is 0 Å². The summed E-state index contributed by atoms with van der Waals surface area (Å²) >= 11 is 1.39. The Morgan fingerprint density at radius 1 is 1.28 bits per heavy atom. The molecule has 140 valence electrons. The van der Waals surface area contributed by atoms with Gasteiger partial charge in [0.25, 0.3) is 0 Å². The summed E-state index contributed by atoms with van der Waals surface area (Å²) in [4.78, 5) is 25.9. The Bertz CT molecular complexity index is 588. The van der Waals surface area contributed by atoms with Crippen LogP contribution in [0, 0.1) is 5.92 Å². The molecule has 1 saturated heterocycles. The molecule has 1 aromatic rings. The van der Waals surface area contributed by atoms with Crippen molar-refractivity contribution in [2.24, 2.45) is 5.92 Å². The first-order chi connectivity index (χ1) is 12.0. The number of likely N-dealkylation sites (tertiary alicyclic amines) is 1. The lowest BCUT2D eigenvalue weighted by atomic mass is 10.2. The molecule has 0 bridgehead atoms. The van der Waals surface area contributed by atoms with Crippen LogP contribution in [0.4, 0.5) is 0 Å². The fourth-order valence-corrected chi connectivity index (χ4v) is 3.59. The molecule has 8 heteroatoms. The molecule has 0 radical (unpaired) electrons. The van der Waals surface area contributed by atoms with Gasteiger partial charge in [-0.1, -0.05) is 32.0 Å². The molecular weight excluding hydrogens is 338 g/mol. The van der Waals surface area contributed by atoms with Crippen LogP contribution in [0.5, 0.6) is 0 Å². The highest BCUT2D eigenvalue weighted by molar-refractivity contribution is 7.99. The first-order valence-electron chi connectivity index (χ1n) is 9.10. The maximum atomic E-state index is 12.2. The van der Waals surface area contributed by atoms with Gasteiger partial charge in [-0.3, -0.25) is 9.59 Å². The van der Waals surface area contributed by atoms with Crippen LogP contribution in [0.2, 0.25) is 0 Å². The van der Waals surface area contributed by atoms with Gasteiger partial charge in [-0.05, 0) is 25.7 Å². The van der Waals surface area contributed by atoms with Crippen LogP contribution in [0.3, 0.4) is 0 Å². The summed E-state index contributed by atoms with van der Waals surface area (Å²) in [5.41, 5.74) is 0. The Morgan fingerprint density at radius 3 is 2.80 bits per heavy atom. The van der Waals surface area contributed by atoms with Gasteiger partial charge in [-0.25, -0.2) is 0 Å². The van der Waals surface area contributed by atoms with Crippen molar-refractivity contribution in [2.45, 2.75) is 64.7 Å². The van der Waals surface area contributed by atoms with Gasteiger partial charge >= 0.3 is 0 Å². The van der Waals surface area contributed by atoms with E-state index in [4.69, 9.17) is 0 Å². The van der Waals surface area contributed by atoms with Gasteiger partial charge < -0.3 is 14.8 Å². The summed E-state index contributed by atoms with van der Waals surface area (Å²) in [5, 5.41) is 12.1. The van der Waals surface area contributed by atoms with Crippen molar-refractivity contribution in [1.82, 2.24) is 25.0 Å². The molecule has 0 unspecified atom stereocenters. The third kappa shape index (κ3) is 6.02. The second-order valence-corrected chi connectivity index (χ2v) is 7.70. The highest BCUT2D eigenvalue weighted by Crippen LogP contribution is 2.19. The number of hydrogen-bond donors (Lipinski definition) is 1. The molecule has 0 spiro atoms. The highest BCUT2D eigenvalue weighted by Gasteiger charge is 2.20. The summed E-state index contributed by atoms with van der Waals surface area (Å²) in [6.07, 6.45) is 3.75. The minimum atomic E-state index is 0.00796. The summed E-state index contributed by atoms with van der Waals surface area (Å²) in [5.74, 6) is 1.76. The average Bonchev–Trinajstić information content (AvgIpc) is 2.86. The Hall–Kier alpha value is -1.57. The first-order valence-corrected chi connectivity index (χ1v) is 10.1. The fourth-order valence-electron chi connectivity index (χ4n) is 2.74. The largest absolute Gasteiger partial charge is 0.355 e. The monoisotopic (exact) mass is 367 g/mol. The molecule has 1 aliphatic rings. The maximum absolute atomic E-state index is 12.2. The molecule has 1 aliphatic heterocycles. The lowest BCUT2D eigenvalue weighted by molar-refractivity contribution is -0.131. The van der Waals surface area contributed by atoms with Gasteiger partial charge in [-0.15, -0.1) is 10.2 Å². The second-order valence-electron chi connectivity index (χ2n) is 6.76. The van der Waals surface area contributed by atoms with E-state index in [1.807, 2.05) is 16.4 Å². The van der Waals surface area contributed by atoms with Crippen LogP contribution in [0.15, 0.2) is 5.16 Å². The van der Waals surface area contributed by atoms with Crippen LogP contribution >= 0.6 is 11.8 Å². The summed E-state index contributed by atoms with van der Waals surface area (Å²) in [6, 6.07) is 0. The highest BCUT2D eigenvalue weighted by atomic mass is 32.2. The second kappa shape index (κ2) is 9.79. The third-order valence-electron chi connectivity index (χ3n) is 4.15. The lowest BCUT2D eigenvalue weighted by Gasteiger charge is -2.20. The fraction of sp³-hybridized carbons (Fsp3) is 0.765. The van der Waals surface area contributed by atoms with E-state index < -0.39 is 0 Å². The van der Waals surface area contributed by atoms with E-state index in [9.17, 15) is 9.59 Å². The number of carbonyl (C=O) groups is 2. The molecule has 2 amide bonds. The number of nitrogens with one attached hydrogen (secondary N) is 1. The molecule has 0 saturated carbocycles. The zero-order valence-electron chi connectivity index (χ0n) is 15.5. The van der Waals surface area contributed by atoms with E-state index in [1.165, 1.54) is 11.8 Å². The van der Waals surface area contributed by atoms with Crippen molar-refractivity contribution in [3.05, 3.63) is 5.82 Å². The van der Waals surface area contributed by atoms with E-state index in [0.717, 1.165) is 43.3 Å². The Kier molecular flexibility index (Phi) is 7.74. The number of aromatic nitrogens is 3. The molecule has 0 aliphatic carbocycles. The zero-order chi connectivity index (χ0) is 18.2. The van der Waals surface area contributed by atoms with Gasteiger partial charge in [-0.2, -0.15) is 0 Å². The van der Waals surface area contributed by atoms with Gasteiger partial charge in [0, 0.05) is 26.1 Å². The predicted molar refractivity (Wildman–Crippen MR) is 98.2 cm³/mol. The van der Waals surface area contributed by atoms with Crippen molar-refractivity contribution >= 4 is 23.6 Å². The molecular formula is C17H29N5O2S. The number of rotatable bonds is 8. The van der Waals surface area contributed by atoms with E-state index in [1.54, 1.807) is 0 Å². The Balaban J connectivity index is 1.95. The van der Waals surface area contributed by atoms with Gasteiger partial charge in [0.1, 0.15) is 0 Å². The third-order valence-corrected chi connectivity index (χ3v) is 5.12. The number of carbonyl (C=O) groups excluding carboxylic acids is 2. The summed E-state index contributed by atoms with van der Waals surface area (Å²) in [7, 11) is 0. The minimum Gasteiger partial charge on any atom is -0.355 e. The molecule has 2 heterocycles. The smallest absolute Gasteiger partial charge is 0.230 e. The Labute approximate surface area is 153 Å². The minimum absolute atomic E-state index is 0.00796. The number of amides is 2. The quantitative estimate of drug-likeness (QED) is 0.712. The van der Waals surface area contributed by atoms with Crippen LogP contribution < -0.4 is 5.32 Å². The number of nitrogens with zero attached hydrogens (tertiary/aromatic N) is 4. The molecule has 0 atom stereocenters. The maximum Gasteiger partial charge on any atom is 0.230 e. The van der Waals surface area contributed by atoms with E-state index in [-0.39, 0.29) is 11.8 Å². The predicted octanol–water partition coefficient (Wildman–Crippen LogP) is 2.06.